The highest BCUT2D eigenvalue weighted by Crippen LogP contribution is 2.31. The Balaban J connectivity index is 1.56. The highest BCUT2D eigenvalue weighted by Gasteiger charge is 2.40. The molecule has 1 amide bonds. The minimum atomic E-state index is -2.04. The summed E-state index contributed by atoms with van der Waals surface area (Å²) in [6.07, 6.45) is 2.55. The van der Waals surface area contributed by atoms with Gasteiger partial charge in [0.05, 0.1) is 18.3 Å². The molecule has 0 saturated heterocycles. The highest BCUT2D eigenvalue weighted by atomic mass is 35.5. The van der Waals surface area contributed by atoms with Crippen LogP contribution in [0.1, 0.15) is 27.9 Å². The van der Waals surface area contributed by atoms with Gasteiger partial charge in [-0.05, 0) is 44.2 Å². The van der Waals surface area contributed by atoms with Crippen molar-refractivity contribution in [3.8, 4) is 5.75 Å². The third-order valence-corrected chi connectivity index (χ3v) is 8.02. The Labute approximate surface area is 221 Å². The largest absolute Gasteiger partial charge is 0.395 e. The predicted octanol–water partition coefficient (Wildman–Crippen LogP) is 3.78. The van der Waals surface area contributed by atoms with Crippen molar-refractivity contribution in [3.05, 3.63) is 87.9 Å². The number of halogens is 3. The highest BCUT2D eigenvalue weighted by molar-refractivity contribution is 7.83. The number of nitrogens with zero attached hydrogens (tertiary/aromatic N) is 4. The van der Waals surface area contributed by atoms with Crippen molar-refractivity contribution in [3.63, 3.8) is 0 Å². The zero-order valence-corrected chi connectivity index (χ0v) is 21.8. The number of carbonyl (C=O) groups excluding carboxylic acids is 1. The summed E-state index contributed by atoms with van der Waals surface area (Å²) >= 11 is 4.69. The normalized spacial score (nSPS) is 14.5. The minimum Gasteiger partial charge on any atom is -0.395 e. The first-order valence-corrected chi connectivity index (χ1v) is 13.0. The van der Waals surface area contributed by atoms with Gasteiger partial charge in [0, 0.05) is 16.7 Å². The molecule has 0 bridgehead atoms. The van der Waals surface area contributed by atoms with E-state index in [9.17, 15) is 22.9 Å². The molecular weight excluding hydrogens is 548 g/mol. The van der Waals surface area contributed by atoms with Crippen molar-refractivity contribution in [1.82, 2.24) is 25.1 Å². The molecule has 2 aromatic carbocycles. The lowest BCUT2D eigenvalue weighted by Gasteiger charge is -2.35. The molecule has 0 aliphatic rings. The van der Waals surface area contributed by atoms with E-state index in [1.807, 2.05) is 0 Å². The van der Waals surface area contributed by atoms with Crippen LogP contribution in [0.2, 0.25) is 5.02 Å². The van der Waals surface area contributed by atoms with Gasteiger partial charge in [0.15, 0.2) is 0 Å². The zero-order valence-electron chi connectivity index (χ0n) is 19.4. The first-order chi connectivity index (χ1) is 17.6. The van der Waals surface area contributed by atoms with Crippen molar-refractivity contribution in [2.45, 2.75) is 36.4 Å². The molecule has 0 spiro atoms. The summed E-state index contributed by atoms with van der Waals surface area (Å²) in [4.78, 5) is 21.2. The van der Waals surface area contributed by atoms with Gasteiger partial charge < -0.3 is 14.6 Å². The second-order valence-corrected chi connectivity index (χ2v) is 10.7. The quantitative estimate of drug-likeness (QED) is 0.316. The van der Waals surface area contributed by atoms with Crippen molar-refractivity contribution in [2.24, 2.45) is 0 Å². The Hall–Kier alpha value is -3.26. The van der Waals surface area contributed by atoms with Crippen LogP contribution in [0.25, 0.3) is 0 Å². The Morgan fingerprint density at radius 3 is 2.68 bits per heavy atom. The molecule has 2 N–H and O–H groups in total. The minimum absolute atomic E-state index is 0.0488. The summed E-state index contributed by atoms with van der Waals surface area (Å²) in [6, 6.07) is 7.90. The summed E-state index contributed by atoms with van der Waals surface area (Å²) < 4.78 is 47.6. The lowest BCUT2D eigenvalue weighted by molar-refractivity contribution is -0.0185. The Kier molecular flexibility index (Phi) is 7.97. The lowest BCUT2D eigenvalue weighted by Crippen LogP contribution is -2.51. The first-order valence-electron chi connectivity index (χ1n) is 10.7. The fourth-order valence-electron chi connectivity index (χ4n) is 3.51. The van der Waals surface area contributed by atoms with E-state index in [0.29, 0.717) is 16.8 Å². The van der Waals surface area contributed by atoms with E-state index in [4.69, 9.17) is 15.8 Å². The van der Waals surface area contributed by atoms with Gasteiger partial charge in [0.1, 0.15) is 40.5 Å². The van der Waals surface area contributed by atoms with Crippen LogP contribution < -0.4 is 9.50 Å². The molecule has 0 saturated carbocycles. The van der Waals surface area contributed by atoms with Gasteiger partial charge in [-0.25, -0.2) is 27.6 Å². The molecule has 3 atom stereocenters. The maximum Gasteiger partial charge on any atom is 0.270 e. The van der Waals surface area contributed by atoms with Crippen LogP contribution >= 0.6 is 22.9 Å². The summed E-state index contributed by atoms with van der Waals surface area (Å²) in [6.45, 7) is 2.74. The van der Waals surface area contributed by atoms with Crippen molar-refractivity contribution in [1.29, 1.82) is 0 Å². The average molecular weight is 568 g/mol. The molecule has 4 aromatic rings. The van der Waals surface area contributed by atoms with Crippen LogP contribution in [0.5, 0.6) is 5.75 Å². The van der Waals surface area contributed by atoms with Crippen LogP contribution in [-0.2, 0) is 23.2 Å². The molecule has 0 radical (unpaired) electrons. The Bertz CT molecular complexity index is 1440. The number of thiazole rings is 1. The monoisotopic (exact) mass is 567 g/mol. The van der Waals surface area contributed by atoms with Gasteiger partial charge in [0.25, 0.3) is 17.0 Å². The van der Waals surface area contributed by atoms with E-state index < -0.39 is 40.3 Å². The molecule has 1 unspecified atom stereocenters. The molecule has 0 aliphatic heterocycles. The third kappa shape index (κ3) is 6.01. The third-order valence-electron chi connectivity index (χ3n) is 5.44. The SMILES string of the molecule is Cc1nc(S(=O)Oc2ccc(Cl)cc2)sc1C(=O)N[C@H](C)[C@](O)(Cn1cncn1)c1ccc(F)cc1F. The van der Waals surface area contributed by atoms with E-state index in [1.165, 1.54) is 24.3 Å². The number of carbonyl (C=O) groups is 1. The number of aliphatic hydroxyl groups is 1. The van der Waals surface area contributed by atoms with E-state index >= 15 is 0 Å². The van der Waals surface area contributed by atoms with Crippen LogP contribution in [0, 0.1) is 18.6 Å². The topological polar surface area (TPSA) is 119 Å². The molecule has 0 aliphatic carbocycles. The van der Waals surface area contributed by atoms with E-state index in [0.717, 1.165) is 23.5 Å². The predicted molar refractivity (Wildman–Crippen MR) is 133 cm³/mol. The lowest BCUT2D eigenvalue weighted by atomic mass is 9.86. The van der Waals surface area contributed by atoms with Crippen molar-refractivity contribution >= 4 is 39.9 Å². The molecule has 14 heteroatoms. The van der Waals surface area contributed by atoms with Crippen LogP contribution in [0.3, 0.4) is 0 Å². The molecule has 0 fully saturated rings. The first kappa shape index (κ1) is 26.8. The summed E-state index contributed by atoms with van der Waals surface area (Å²) in [7, 11) is 0. The standard InChI is InChI=1S/C23H20ClF2N5O4S2/c1-13-20(36-22(29-13)37(34)35-17-6-3-15(24)4-7-17)21(32)30-14(2)23(33,10-31-12-27-11-28-31)18-8-5-16(25)9-19(18)26/h3-9,11-12,14,33H,10H2,1-2H3,(H,30,32)/t14-,23-,37?/m1/s1. The van der Waals surface area contributed by atoms with E-state index in [-0.39, 0.29) is 27.0 Å². The molecule has 37 heavy (non-hydrogen) atoms. The summed E-state index contributed by atoms with van der Waals surface area (Å²) in [5, 5.41) is 18.7. The summed E-state index contributed by atoms with van der Waals surface area (Å²) in [5.41, 5.74) is -2.00. The van der Waals surface area contributed by atoms with Crippen LogP contribution in [-0.4, -0.2) is 41.0 Å². The maximum absolute atomic E-state index is 14.7. The molecule has 2 heterocycles. The average Bonchev–Trinajstić information content (AvgIpc) is 3.49. The number of rotatable bonds is 9. The Morgan fingerprint density at radius 1 is 1.30 bits per heavy atom. The van der Waals surface area contributed by atoms with E-state index in [1.54, 1.807) is 31.2 Å². The maximum atomic E-state index is 14.7. The second-order valence-electron chi connectivity index (χ2n) is 8.00. The smallest absolute Gasteiger partial charge is 0.270 e. The molecule has 9 nitrogen and oxygen atoms in total. The van der Waals surface area contributed by atoms with Crippen LogP contribution in [0.15, 0.2) is 59.5 Å². The number of aryl methyl sites for hydroxylation is 1. The molecule has 4 rings (SSSR count). The zero-order chi connectivity index (χ0) is 26.7. The van der Waals surface area contributed by atoms with Gasteiger partial charge in [-0.1, -0.05) is 29.0 Å². The number of hydrogen-bond donors (Lipinski definition) is 2. The number of benzene rings is 2. The van der Waals surface area contributed by atoms with Gasteiger partial charge in [-0.3, -0.25) is 4.79 Å². The van der Waals surface area contributed by atoms with Gasteiger partial charge in [0.2, 0.25) is 4.34 Å². The van der Waals surface area contributed by atoms with Gasteiger partial charge >= 0.3 is 0 Å². The van der Waals surface area contributed by atoms with Gasteiger partial charge in [-0.15, -0.1) is 0 Å². The number of nitrogens with one attached hydrogen (secondary N) is 1. The van der Waals surface area contributed by atoms with Crippen LogP contribution in [0.4, 0.5) is 8.78 Å². The Morgan fingerprint density at radius 2 is 2.03 bits per heavy atom. The van der Waals surface area contributed by atoms with Crippen molar-refractivity contribution in [2.75, 3.05) is 0 Å². The van der Waals surface area contributed by atoms with Gasteiger partial charge in [-0.2, -0.15) is 5.10 Å². The molecule has 194 valence electrons. The van der Waals surface area contributed by atoms with E-state index in [2.05, 4.69) is 20.4 Å². The van der Waals surface area contributed by atoms with Crippen molar-refractivity contribution < 1.29 is 27.1 Å². The fraction of sp³-hybridized carbons (Fsp3) is 0.217. The number of hydrogen-bond acceptors (Lipinski definition) is 8. The fourth-order valence-corrected chi connectivity index (χ4v) is 5.53. The number of amides is 1. The molecule has 2 aromatic heterocycles. The second kappa shape index (κ2) is 11.0. The molecular formula is C23H20ClF2N5O4S2. The number of aromatic nitrogens is 4. The summed E-state index contributed by atoms with van der Waals surface area (Å²) in [5.74, 6) is -2.15.